The third-order valence-electron chi connectivity index (χ3n) is 3.49. The van der Waals surface area contributed by atoms with E-state index in [4.69, 9.17) is 5.73 Å². The Morgan fingerprint density at radius 2 is 1.88 bits per heavy atom. The maximum Gasteiger partial charge on any atom is 0.332 e. The summed E-state index contributed by atoms with van der Waals surface area (Å²) in [5, 5.41) is 0. The van der Waals surface area contributed by atoms with Gasteiger partial charge in [0, 0.05) is 18.5 Å². The van der Waals surface area contributed by atoms with Crippen molar-refractivity contribution in [3.8, 4) is 0 Å². The Labute approximate surface area is 142 Å². The van der Waals surface area contributed by atoms with Gasteiger partial charge in [-0.3, -0.25) is 18.7 Å². The van der Waals surface area contributed by atoms with E-state index in [1.54, 1.807) is 12.1 Å². The van der Waals surface area contributed by atoms with E-state index in [2.05, 4.69) is 0 Å². The lowest BCUT2D eigenvalue weighted by molar-refractivity contribution is 0.102. The molecule has 24 heavy (non-hydrogen) atoms. The van der Waals surface area contributed by atoms with Crippen LogP contribution in [0.5, 0.6) is 0 Å². The minimum Gasteiger partial charge on any atom is -0.384 e. The smallest absolute Gasteiger partial charge is 0.332 e. The Bertz CT molecular complexity index is 872. The van der Waals surface area contributed by atoms with Gasteiger partial charge >= 0.3 is 5.69 Å². The van der Waals surface area contributed by atoms with E-state index in [0.717, 1.165) is 4.57 Å². The number of benzene rings is 1. The van der Waals surface area contributed by atoms with Gasteiger partial charge in [-0.15, -0.1) is 11.8 Å². The molecule has 2 rings (SSSR count). The number of halogens is 1. The summed E-state index contributed by atoms with van der Waals surface area (Å²) in [5.74, 6) is -0.965. The minimum absolute atomic E-state index is 0.0323. The van der Waals surface area contributed by atoms with E-state index in [9.17, 15) is 18.8 Å². The Morgan fingerprint density at radius 3 is 2.46 bits per heavy atom. The third-order valence-corrected chi connectivity index (χ3v) is 4.50. The highest BCUT2D eigenvalue weighted by Gasteiger charge is 2.21. The van der Waals surface area contributed by atoms with E-state index >= 15 is 0 Å². The number of anilines is 1. The molecule has 1 aromatic heterocycles. The van der Waals surface area contributed by atoms with Crippen molar-refractivity contribution in [2.24, 2.45) is 7.05 Å². The molecule has 6 nitrogen and oxygen atoms in total. The van der Waals surface area contributed by atoms with E-state index in [-0.39, 0.29) is 23.0 Å². The second-order valence-electron chi connectivity index (χ2n) is 5.22. The van der Waals surface area contributed by atoms with Crippen LogP contribution in [0.25, 0.3) is 0 Å². The average molecular weight is 351 g/mol. The summed E-state index contributed by atoms with van der Waals surface area (Å²) in [7, 11) is 1.32. The molecular weight excluding hydrogens is 333 g/mol. The maximum absolute atomic E-state index is 12.9. The molecule has 0 atom stereocenters. The molecular formula is C16H18FN3O3S. The highest BCUT2D eigenvalue weighted by molar-refractivity contribution is 8.00. The molecule has 0 unspecified atom stereocenters. The fraction of sp³-hybridized carbons (Fsp3) is 0.312. The summed E-state index contributed by atoms with van der Waals surface area (Å²) < 4.78 is 15.0. The fourth-order valence-electron chi connectivity index (χ4n) is 2.24. The molecule has 0 amide bonds. The van der Waals surface area contributed by atoms with Crippen molar-refractivity contribution in [3.63, 3.8) is 0 Å². The highest BCUT2D eigenvalue weighted by Crippen LogP contribution is 2.20. The normalized spacial score (nSPS) is 10.8. The Balaban J connectivity index is 2.33. The van der Waals surface area contributed by atoms with Gasteiger partial charge in [-0.2, -0.15) is 0 Å². The van der Waals surface area contributed by atoms with E-state index in [1.807, 2.05) is 6.92 Å². The van der Waals surface area contributed by atoms with Crippen molar-refractivity contribution in [2.75, 3.05) is 11.5 Å². The van der Waals surface area contributed by atoms with Gasteiger partial charge in [-0.05, 0) is 30.7 Å². The fourth-order valence-corrected chi connectivity index (χ4v) is 3.01. The number of Topliss-reactive ketones (excluding diaryl/α,β-unsaturated/α-hetero) is 1. The van der Waals surface area contributed by atoms with Gasteiger partial charge in [-0.1, -0.05) is 6.92 Å². The molecule has 0 saturated heterocycles. The molecule has 0 radical (unpaired) electrons. The first-order valence-electron chi connectivity index (χ1n) is 7.37. The number of carbonyl (C=O) groups excluding carboxylic acids is 1. The third kappa shape index (κ3) is 3.59. The Hall–Kier alpha value is -2.35. The van der Waals surface area contributed by atoms with Crippen molar-refractivity contribution in [1.29, 1.82) is 0 Å². The van der Waals surface area contributed by atoms with Crippen LogP contribution >= 0.6 is 11.8 Å². The Kier molecular flexibility index (Phi) is 5.61. The molecule has 2 N–H and O–H groups in total. The van der Waals surface area contributed by atoms with Gasteiger partial charge < -0.3 is 5.73 Å². The first-order valence-corrected chi connectivity index (χ1v) is 8.36. The van der Waals surface area contributed by atoms with Crippen LogP contribution in [0.3, 0.4) is 0 Å². The summed E-state index contributed by atoms with van der Waals surface area (Å²) in [4.78, 5) is 37.5. The quantitative estimate of drug-likeness (QED) is 0.632. The van der Waals surface area contributed by atoms with E-state index in [1.165, 1.54) is 35.5 Å². The molecule has 0 aliphatic rings. The van der Waals surface area contributed by atoms with Gasteiger partial charge in [0.15, 0.2) is 5.78 Å². The second-order valence-corrected chi connectivity index (χ2v) is 6.27. The minimum atomic E-state index is -0.699. The lowest BCUT2D eigenvalue weighted by Gasteiger charge is -2.13. The van der Waals surface area contributed by atoms with Gasteiger partial charge in [-0.25, -0.2) is 9.18 Å². The number of nitrogen functional groups attached to an aromatic ring is 1. The van der Waals surface area contributed by atoms with Crippen LogP contribution in [0, 0.1) is 5.82 Å². The standard InChI is InChI=1S/C16H18FN3O3S/c1-3-8-20-14(18)13(15(22)19(2)16(20)23)12(21)9-24-11-6-4-10(17)5-7-11/h4-7H,3,8-9,18H2,1-2H3. The zero-order chi connectivity index (χ0) is 17.9. The molecule has 128 valence electrons. The van der Waals surface area contributed by atoms with Gasteiger partial charge in [0.05, 0.1) is 5.75 Å². The molecule has 1 aromatic carbocycles. The number of nitrogens with two attached hydrogens (primary N) is 1. The van der Waals surface area contributed by atoms with Crippen LogP contribution in [-0.4, -0.2) is 20.7 Å². The number of carbonyl (C=O) groups is 1. The predicted molar refractivity (Wildman–Crippen MR) is 92.1 cm³/mol. The molecule has 1 heterocycles. The summed E-state index contributed by atoms with van der Waals surface area (Å²) in [6.45, 7) is 2.19. The molecule has 0 aliphatic carbocycles. The van der Waals surface area contributed by atoms with E-state index in [0.29, 0.717) is 17.9 Å². The van der Waals surface area contributed by atoms with Gasteiger partial charge in [0.25, 0.3) is 5.56 Å². The van der Waals surface area contributed by atoms with E-state index < -0.39 is 17.0 Å². The van der Waals surface area contributed by atoms with Crippen LogP contribution in [0.1, 0.15) is 23.7 Å². The largest absolute Gasteiger partial charge is 0.384 e. The lowest BCUT2D eigenvalue weighted by atomic mass is 10.2. The zero-order valence-corrected chi connectivity index (χ0v) is 14.2. The number of nitrogens with zero attached hydrogens (tertiary/aromatic N) is 2. The summed E-state index contributed by atoms with van der Waals surface area (Å²) in [6.07, 6.45) is 0.639. The SMILES string of the molecule is CCCn1c(N)c(C(=O)CSc2ccc(F)cc2)c(=O)n(C)c1=O. The first-order chi connectivity index (χ1) is 11.4. The second kappa shape index (κ2) is 7.48. The summed E-state index contributed by atoms with van der Waals surface area (Å²) in [5.41, 5.74) is 4.48. The van der Waals surface area contributed by atoms with Crippen molar-refractivity contribution >= 4 is 23.4 Å². The summed E-state index contributed by atoms with van der Waals surface area (Å²) >= 11 is 1.17. The van der Waals surface area contributed by atoms with Crippen LogP contribution in [0.4, 0.5) is 10.2 Å². The number of thioether (sulfide) groups is 1. The number of hydrogen-bond acceptors (Lipinski definition) is 5. The first kappa shape index (κ1) is 18.0. The van der Waals surface area contributed by atoms with Gasteiger partial charge in [0.1, 0.15) is 17.2 Å². The average Bonchev–Trinajstić information content (AvgIpc) is 2.56. The Morgan fingerprint density at radius 1 is 1.25 bits per heavy atom. The number of hydrogen-bond donors (Lipinski definition) is 1. The van der Waals surface area contributed by atoms with Crippen molar-refractivity contribution in [2.45, 2.75) is 24.8 Å². The van der Waals surface area contributed by atoms with Crippen LogP contribution in [0.2, 0.25) is 0 Å². The molecule has 0 saturated carbocycles. The maximum atomic E-state index is 12.9. The lowest BCUT2D eigenvalue weighted by Crippen LogP contribution is -2.42. The number of rotatable bonds is 6. The van der Waals surface area contributed by atoms with Gasteiger partial charge in [0.2, 0.25) is 0 Å². The van der Waals surface area contributed by atoms with Crippen LogP contribution < -0.4 is 17.0 Å². The topological polar surface area (TPSA) is 87.1 Å². The molecule has 2 aromatic rings. The molecule has 0 fully saturated rings. The molecule has 0 aliphatic heterocycles. The van der Waals surface area contributed by atoms with Crippen molar-refractivity contribution < 1.29 is 9.18 Å². The zero-order valence-electron chi connectivity index (χ0n) is 13.4. The van der Waals surface area contributed by atoms with Crippen molar-refractivity contribution in [1.82, 2.24) is 9.13 Å². The highest BCUT2D eigenvalue weighted by atomic mass is 32.2. The molecule has 8 heteroatoms. The monoisotopic (exact) mass is 351 g/mol. The summed E-state index contributed by atoms with van der Waals surface area (Å²) in [6, 6.07) is 5.68. The predicted octanol–water partition coefficient (Wildman–Crippen LogP) is 1.65. The number of ketones is 1. The van der Waals surface area contributed by atoms with Crippen LogP contribution in [0.15, 0.2) is 38.8 Å². The number of aromatic nitrogens is 2. The molecule has 0 bridgehead atoms. The van der Waals surface area contributed by atoms with Crippen LogP contribution in [-0.2, 0) is 13.6 Å². The molecule has 0 spiro atoms. The van der Waals surface area contributed by atoms with Crippen molar-refractivity contribution in [3.05, 3.63) is 56.5 Å².